The van der Waals surface area contributed by atoms with Gasteiger partial charge in [-0.1, -0.05) is 12.1 Å². The van der Waals surface area contributed by atoms with Crippen LogP contribution in [0.5, 0.6) is 11.5 Å². The fourth-order valence-corrected chi connectivity index (χ4v) is 3.47. The van der Waals surface area contributed by atoms with Crippen LogP contribution in [0, 0.1) is 5.92 Å². The highest BCUT2D eigenvalue weighted by molar-refractivity contribution is 14.0. The van der Waals surface area contributed by atoms with Crippen LogP contribution in [0.4, 0.5) is 18.9 Å². The van der Waals surface area contributed by atoms with Crippen LogP contribution in [0.2, 0.25) is 0 Å². The summed E-state index contributed by atoms with van der Waals surface area (Å²) in [6.07, 6.45) is -2.63. The third-order valence-electron chi connectivity index (χ3n) is 5.15. The highest BCUT2D eigenvalue weighted by Crippen LogP contribution is 2.24. The average molecular weight is 564 g/mol. The monoisotopic (exact) mass is 564 g/mol. The molecule has 0 unspecified atom stereocenters. The van der Waals surface area contributed by atoms with Crippen LogP contribution in [0.15, 0.2) is 53.5 Å². The van der Waals surface area contributed by atoms with Gasteiger partial charge in [-0.25, -0.2) is 0 Å². The molecule has 0 atom stereocenters. The number of benzene rings is 2. The van der Waals surface area contributed by atoms with Crippen molar-refractivity contribution >= 4 is 35.6 Å². The number of piperidine rings is 1. The number of methoxy groups -OCH3 is 1. The molecule has 32 heavy (non-hydrogen) atoms. The summed E-state index contributed by atoms with van der Waals surface area (Å²) in [5.74, 6) is 1.27. The summed E-state index contributed by atoms with van der Waals surface area (Å²) >= 11 is 0. The molecule has 0 bridgehead atoms. The fourth-order valence-electron chi connectivity index (χ4n) is 3.47. The lowest BCUT2D eigenvalue weighted by Crippen LogP contribution is -2.34. The molecule has 1 aliphatic heterocycles. The number of halogens is 4. The Bertz CT molecular complexity index is 853. The van der Waals surface area contributed by atoms with Crippen molar-refractivity contribution in [1.82, 2.24) is 4.90 Å². The van der Waals surface area contributed by atoms with E-state index in [-0.39, 0.29) is 35.7 Å². The van der Waals surface area contributed by atoms with E-state index in [1.165, 1.54) is 29.8 Å². The molecular weight excluding hydrogens is 536 g/mol. The summed E-state index contributed by atoms with van der Waals surface area (Å²) in [7, 11) is 1.66. The van der Waals surface area contributed by atoms with Crippen molar-refractivity contribution in [3.05, 3.63) is 54.1 Å². The minimum Gasteiger partial charge on any atom is -0.497 e. The quantitative estimate of drug-likeness (QED) is 0.286. The normalized spacial score (nSPS) is 15.7. The van der Waals surface area contributed by atoms with E-state index in [9.17, 15) is 13.2 Å². The van der Waals surface area contributed by atoms with E-state index >= 15 is 0 Å². The molecular formula is C22H28F3IN4O2. The topological polar surface area (TPSA) is 72.1 Å². The van der Waals surface area contributed by atoms with E-state index in [4.69, 9.17) is 10.5 Å². The number of nitrogens with one attached hydrogen (secondary N) is 1. The first-order valence-electron chi connectivity index (χ1n) is 10.1. The Morgan fingerprint density at radius 2 is 1.66 bits per heavy atom. The van der Waals surface area contributed by atoms with Crippen molar-refractivity contribution in [3.63, 3.8) is 0 Å². The van der Waals surface area contributed by atoms with Crippen LogP contribution in [0.3, 0.4) is 0 Å². The Labute approximate surface area is 203 Å². The van der Waals surface area contributed by atoms with Crippen LogP contribution in [0.25, 0.3) is 0 Å². The summed E-state index contributed by atoms with van der Waals surface area (Å²) in [6.45, 7) is 3.53. The zero-order valence-electron chi connectivity index (χ0n) is 17.8. The predicted molar refractivity (Wildman–Crippen MR) is 130 cm³/mol. The molecule has 2 aromatic rings. The molecule has 0 aliphatic carbocycles. The zero-order valence-corrected chi connectivity index (χ0v) is 20.1. The molecule has 0 radical (unpaired) electrons. The third-order valence-corrected chi connectivity index (χ3v) is 5.15. The van der Waals surface area contributed by atoms with Gasteiger partial charge in [0.2, 0.25) is 0 Å². The Morgan fingerprint density at radius 1 is 1.06 bits per heavy atom. The molecule has 3 rings (SSSR count). The van der Waals surface area contributed by atoms with Crippen LogP contribution in [-0.2, 0) is 6.54 Å². The molecule has 1 fully saturated rings. The standard InChI is InChI=1S/C22H27F3N4O2.HI/c1-30-19-6-2-17(3-7-19)15-29-12-10-16(11-13-29)14-27-21(26)28-18-4-8-20(9-5-18)31-22(23,24)25;/h2-9,16H,10-15H2,1H3,(H3,26,27,28);1H. The maximum absolute atomic E-state index is 12.2. The highest BCUT2D eigenvalue weighted by Gasteiger charge is 2.30. The van der Waals surface area contributed by atoms with E-state index in [1.807, 2.05) is 12.1 Å². The highest BCUT2D eigenvalue weighted by atomic mass is 127. The number of nitrogens with two attached hydrogens (primary N) is 1. The minimum atomic E-state index is -4.71. The van der Waals surface area contributed by atoms with Crippen molar-refractivity contribution in [1.29, 1.82) is 0 Å². The van der Waals surface area contributed by atoms with Crippen LogP contribution in [-0.4, -0.2) is 44.0 Å². The van der Waals surface area contributed by atoms with Gasteiger partial charge < -0.3 is 20.5 Å². The lowest BCUT2D eigenvalue weighted by Gasteiger charge is -2.31. The summed E-state index contributed by atoms with van der Waals surface area (Å²) in [6, 6.07) is 13.5. The predicted octanol–water partition coefficient (Wildman–Crippen LogP) is 4.85. The molecule has 1 aliphatic rings. The Hall–Kier alpha value is -2.21. The maximum atomic E-state index is 12.2. The molecule has 1 heterocycles. The number of alkyl halides is 3. The number of hydrogen-bond acceptors (Lipinski definition) is 4. The second-order valence-electron chi connectivity index (χ2n) is 7.49. The number of hydrogen-bond donors (Lipinski definition) is 2. The Kier molecular flexibility index (Phi) is 9.88. The first kappa shape index (κ1) is 26.0. The molecule has 176 valence electrons. The number of guanidine groups is 1. The van der Waals surface area contributed by atoms with Crippen molar-refractivity contribution in [2.45, 2.75) is 25.7 Å². The fraction of sp³-hybridized carbons (Fsp3) is 0.409. The van der Waals surface area contributed by atoms with E-state index in [0.717, 1.165) is 38.2 Å². The van der Waals surface area contributed by atoms with Gasteiger partial charge in [-0.05, 0) is 73.8 Å². The summed E-state index contributed by atoms with van der Waals surface area (Å²) in [5.41, 5.74) is 7.73. The van der Waals surface area contributed by atoms with Gasteiger partial charge in [0, 0.05) is 18.8 Å². The molecule has 3 N–H and O–H groups in total. The van der Waals surface area contributed by atoms with Crippen LogP contribution < -0.4 is 20.5 Å². The number of anilines is 1. The van der Waals surface area contributed by atoms with E-state index in [1.54, 1.807) is 7.11 Å². The molecule has 6 nitrogen and oxygen atoms in total. The number of rotatable bonds is 7. The summed E-state index contributed by atoms with van der Waals surface area (Å²) < 4.78 is 45.7. The molecule has 0 spiro atoms. The number of ether oxygens (including phenoxy) is 2. The molecule has 0 amide bonds. The molecule has 0 aromatic heterocycles. The van der Waals surface area contributed by atoms with Crippen molar-refractivity contribution in [3.8, 4) is 11.5 Å². The number of likely N-dealkylation sites (tertiary alicyclic amines) is 1. The number of nitrogens with zero attached hydrogens (tertiary/aromatic N) is 2. The Morgan fingerprint density at radius 3 is 2.22 bits per heavy atom. The maximum Gasteiger partial charge on any atom is 0.573 e. The minimum absolute atomic E-state index is 0. The molecule has 1 saturated heterocycles. The third kappa shape index (κ3) is 8.73. The van der Waals surface area contributed by atoms with Gasteiger partial charge in [0.25, 0.3) is 0 Å². The van der Waals surface area contributed by atoms with Crippen LogP contribution >= 0.6 is 24.0 Å². The second-order valence-corrected chi connectivity index (χ2v) is 7.49. The summed E-state index contributed by atoms with van der Waals surface area (Å²) in [5, 5.41) is 2.89. The van der Waals surface area contributed by atoms with Gasteiger partial charge in [0.1, 0.15) is 11.5 Å². The van der Waals surface area contributed by atoms with Gasteiger partial charge in [0.15, 0.2) is 5.96 Å². The smallest absolute Gasteiger partial charge is 0.497 e. The molecule has 0 saturated carbocycles. The van der Waals surface area contributed by atoms with Crippen LogP contribution in [0.1, 0.15) is 18.4 Å². The van der Waals surface area contributed by atoms with Gasteiger partial charge in [-0.3, -0.25) is 9.89 Å². The molecule has 2 aromatic carbocycles. The average Bonchev–Trinajstić information content (AvgIpc) is 2.74. The van der Waals surface area contributed by atoms with E-state index in [2.05, 4.69) is 32.1 Å². The zero-order chi connectivity index (χ0) is 22.3. The number of aliphatic imine (C=N–C) groups is 1. The van der Waals surface area contributed by atoms with Crippen molar-refractivity contribution in [2.24, 2.45) is 16.6 Å². The van der Waals surface area contributed by atoms with Gasteiger partial charge >= 0.3 is 6.36 Å². The van der Waals surface area contributed by atoms with Gasteiger partial charge in [0.05, 0.1) is 7.11 Å². The van der Waals surface area contributed by atoms with E-state index in [0.29, 0.717) is 18.2 Å². The SMILES string of the molecule is COc1ccc(CN2CCC(CN=C(N)Nc3ccc(OC(F)(F)F)cc3)CC2)cc1.I. The Balaban J connectivity index is 0.00000363. The summed E-state index contributed by atoms with van der Waals surface area (Å²) in [4.78, 5) is 6.82. The second kappa shape index (κ2) is 12.1. The van der Waals surface area contributed by atoms with Crippen molar-refractivity contribution in [2.75, 3.05) is 32.1 Å². The van der Waals surface area contributed by atoms with Gasteiger partial charge in [-0.2, -0.15) is 0 Å². The van der Waals surface area contributed by atoms with Crippen molar-refractivity contribution < 1.29 is 22.6 Å². The largest absolute Gasteiger partial charge is 0.573 e. The lowest BCUT2D eigenvalue weighted by atomic mass is 9.96. The first-order chi connectivity index (χ1) is 14.8. The molecule has 10 heteroatoms. The lowest BCUT2D eigenvalue weighted by molar-refractivity contribution is -0.274. The van der Waals surface area contributed by atoms with E-state index < -0.39 is 6.36 Å². The van der Waals surface area contributed by atoms with Gasteiger partial charge in [-0.15, -0.1) is 37.1 Å². The first-order valence-corrected chi connectivity index (χ1v) is 10.1.